The monoisotopic (exact) mass is 442 g/mol. The summed E-state index contributed by atoms with van der Waals surface area (Å²) in [6.45, 7) is 5.78. The van der Waals surface area contributed by atoms with E-state index in [2.05, 4.69) is 10.0 Å². The Hall–Kier alpha value is -2.83. The van der Waals surface area contributed by atoms with Crippen LogP contribution in [-0.4, -0.2) is 14.3 Å². The van der Waals surface area contributed by atoms with Gasteiger partial charge in [-0.25, -0.2) is 8.42 Å². The van der Waals surface area contributed by atoms with Crippen LogP contribution in [0.5, 0.6) is 0 Å². The van der Waals surface area contributed by atoms with Gasteiger partial charge in [0, 0.05) is 10.7 Å². The molecule has 3 aromatic rings. The second-order valence-corrected chi connectivity index (χ2v) is 9.28. The number of anilines is 2. The SMILES string of the molecule is Cc1ccc(CC(=O)Nc2ccc(S(=O)(=O)Nc3cccc(Cl)c3C)cc2)cc1C. The van der Waals surface area contributed by atoms with Crippen LogP contribution < -0.4 is 10.0 Å². The van der Waals surface area contributed by atoms with Crippen molar-refractivity contribution in [1.29, 1.82) is 0 Å². The minimum Gasteiger partial charge on any atom is -0.326 e. The Labute approximate surface area is 182 Å². The van der Waals surface area contributed by atoms with Gasteiger partial charge >= 0.3 is 0 Å². The summed E-state index contributed by atoms with van der Waals surface area (Å²) in [5.74, 6) is -0.165. The van der Waals surface area contributed by atoms with E-state index in [4.69, 9.17) is 11.6 Å². The zero-order chi connectivity index (χ0) is 21.9. The summed E-state index contributed by atoms with van der Waals surface area (Å²) in [5.41, 5.74) is 4.85. The van der Waals surface area contributed by atoms with Gasteiger partial charge in [0.2, 0.25) is 5.91 Å². The van der Waals surface area contributed by atoms with Crippen molar-refractivity contribution in [3.63, 3.8) is 0 Å². The zero-order valence-electron chi connectivity index (χ0n) is 17.0. The number of nitrogens with one attached hydrogen (secondary N) is 2. The van der Waals surface area contributed by atoms with E-state index in [1.807, 2.05) is 32.0 Å². The topological polar surface area (TPSA) is 75.3 Å². The van der Waals surface area contributed by atoms with Crippen molar-refractivity contribution in [3.05, 3.63) is 87.9 Å². The van der Waals surface area contributed by atoms with Crippen LogP contribution >= 0.6 is 11.6 Å². The molecule has 0 heterocycles. The van der Waals surface area contributed by atoms with Gasteiger partial charge in [0.15, 0.2) is 0 Å². The van der Waals surface area contributed by atoms with Gasteiger partial charge in [-0.05, 0) is 79.4 Å². The van der Waals surface area contributed by atoms with E-state index in [9.17, 15) is 13.2 Å². The average molecular weight is 443 g/mol. The number of rotatable bonds is 6. The number of benzene rings is 3. The fourth-order valence-electron chi connectivity index (χ4n) is 2.94. The third kappa shape index (κ3) is 5.20. The second kappa shape index (κ2) is 8.90. The molecule has 156 valence electrons. The van der Waals surface area contributed by atoms with Gasteiger partial charge in [0.25, 0.3) is 10.0 Å². The van der Waals surface area contributed by atoms with Gasteiger partial charge in [-0.1, -0.05) is 35.9 Å². The number of carbonyl (C=O) groups excluding carboxylic acids is 1. The van der Waals surface area contributed by atoms with Crippen LogP contribution in [0, 0.1) is 20.8 Å². The maximum absolute atomic E-state index is 12.7. The van der Waals surface area contributed by atoms with E-state index in [0.717, 1.165) is 11.1 Å². The summed E-state index contributed by atoms with van der Waals surface area (Å²) in [4.78, 5) is 12.4. The molecule has 0 unspecified atom stereocenters. The van der Waals surface area contributed by atoms with Crippen molar-refractivity contribution in [1.82, 2.24) is 0 Å². The molecule has 3 aromatic carbocycles. The van der Waals surface area contributed by atoms with E-state index in [1.165, 1.54) is 17.7 Å². The molecule has 0 aromatic heterocycles. The molecule has 0 saturated carbocycles. The first-order valence-electron chi connectivity index (χ1n) is 9.40. The van der Waals surface area contributed by atoms with Gasteiger partial charge in [-0.2, -0.15) is 0 Å². The van der Waals surface area contributed by atoms with Crippen LogP contribution in [0.2, 0.25) is 5.02 Å². The van der Waals surface area contributed by atoms with Crippen molar-refractivity contribution < 1.29 is 13.2 Å². The number of hydrogen-bond acceptors (Lipinski definition) is 3. The van der Waals surface area contributed by atoms with Gasteiger partial charge in [0.05, 0.1) is 17.0 Å². The van der Waals surface area contributed by atoms with Crippen LogP contribution in [0.4, 0.5) is 11.4 Å². The number of amides is 1. The van der Waals surface area contributed by atoms with E-state index < -0.39 is 10.0 Å². The Morgan fingerprint density at radius 3 is 2.30 bits per heavy atom. The largest absolute Gasteiger partial charge is 0.326 e. The molecule has 2 N–H and O–H groups in total. The van der Waals surface area contributed by atoms with E-state index in [1.54, 1.807) is 37.3 Å². The third-order valence-corrected chi connectivity index (χ3v) is 6.69. The van der Waals surface area contributed by atoms with Crippen molar-refractivity contribution in [3.8, 4) is 0 Å². The molecule has 0 aliphatic rings. The van der Waals surface area contributed by atoms with Gasteiger partial charge in [-0.3, -0.25) is 9.52 Å². The smallest absolute Gasteiger partial charge is 0.261 e. The standard InChI is InChI=1S/C23H23ClN2O3S/c1-15-7-8-18(13-16(15)2)14-23(27)25-19-9-11-20(12-10-19)30(28,29)26-22-6-4-5-21(24)17(22)3/h4-13,26H,14H2,1-3H3,(H,25,27). The predicted molar refractivity (Wildman–Crippen MR) is 122 cm³/mol. The lowest BCUT2D eigenvalue weighted by Crippen LogP contribution is -2.16. The molecule has 0 fully saturated rings. The minimum atomic E-state index is -3.78. The number of halogens is 1. The summed E-state index contributed by atoms with van der Waals surface area (Å²) in [6.07, 6.45) is 0.247. The van der Waals surface area contributed by atoms with Crippen LogP contribution in [0.1, 0.15) is 22.3 Å². The van der Waals surface area contributed by atoms with E-state index in [-0.39, 0.29) is 17.2 Å². The molecule has 30 heavy (non-hydrogen) atoms. The maximum Gasteiger partial charge on any atom is 0.261 e. The molecule has 0 radical (unpaired) electrons. The lowest BCUT2D eigenvalue weighted by atomic mass is 10.0. The predicted octanol–water partition coefficient (Wildman–Crippen LogP) is 5.25. The second-order valence-electron chi connectivity index (χ2n) is 7.19. The molecule has 0 saturated heterocycles. The number of carbonyl (C=O) groups is 1. The molecule has 0 bridgehead atoms. The Balaban J connectivity index is 1.68. The molecule has 7 heteroatoms. The molecular weight excluding hydrogens is 420 g/mol. The number of sulfonamides is 1. The number of aryl methyl sites for hydroxylation is 2. The van der Waals surface area contributed by atoms with Crippen molar-refractivity contribution in [2.75, 3.05) is 10.0 Å². The summed E-state index contributed by atoms with van der Waals surface area (Å²) in [6, 6.07) is 17.0. The molecule has 5 nitrogen and oxygen atoms in total. The summed E-state index contributed by atoms with van der Waals surface area (Å²) in [5, 5.41) is 3.28. The van der Waals surface area contributed by atoms with Crippen LogP contribution in [0.15, 0.2) is 65.6 Å². The van der Waals surface area contributed by atoms with Gasteiger partial charge in [0.1, 0.15) is 0 Å². The lowest BCUT2D eigenvalue weighted by Gasteiger charge is -2.12. The quantitative estimate of drug-likeness (QED) is 0.547. The normalized spacial score (nSPS) is 11.2. The first kappa shape index (κ1) is 21.9. The molecule has 1 amide bonds. The summed E-state index contributed by atoms with van der Waals surface area (Å²) < 4.78 is 27.9. The van der Waals surface area contributed by atoms with Crippen molar-refractivity contribution in [2.45, 2.75) is 32.1 Å². The summed E-state index contributed by atoms with van der Waals surface area (Å²) in [7, 11) is -3.78. The first-order chi connectivity index (χ1) is 14.2. The Morgan fingerprint density at radius 1 is 0.933 bits per heavy atom. The van der Waals surface area contributed by atoms with Crippen LogP contribution in [-0.2, 0) is 21.2 Å². The highest BCUT2D eigenvalue weighted by Gasteiger charge is 2.16. The van der Waals surface area contributed by atoms with Crippen LogP contribution in [0.25, 0.3) is 0 Å². The Bertz CT molecular complexity index is 1190. The summed E-state index contributed by atoms with van der Waals surface area (Å²) >= 11 is 6.06. The molecule has 0 aliphatic heterocycles. The number of hydrogen-bond donors (Lipinski definition) is 2. The van der Waals surface area contributed by atoms with Crippen molar-refractivity contribution in [2.24, 2.45) is 0 Å². The lowest BCUT2D eigenvalue weighted by molar-refractivity contribution is -0.115. The minimum absolute atomic E-state index is 0.0917. The zero-order valence-corrected chi connectivity index (χ0v) is 18.6. The van der Waals surface area contributed by atoms with E-state index >= 15 is 0 Å². The van der Waals surface area contributed by atoms with Gasteiger partial charge in [-0.15, -0.1) is 0 Å². The molecule has 0 atom stereocenters. The van der Waals surface area contributed by atoms with Crippen molar-refractivity contribution >= 4 is 38.9 Å². The van der Waals surface area contributed by atoms with Gasteiger partial charge < -0.3 is 5.32 Å². The third-order valence-electron chi connectivity index (χ3n) is 4.90. The molecule has 3 rings (SSSR count). The molecular formula is C23H23ClN2O3S. The highest BCUT2D eigenvalue weighted by atomic mass is 35.5. The molecule has 0 spiro atoms. The average Bonchev–Trinajstić information content (AvgIpc) is 2.68. The van der Waals surface area contributed by atoms with E-state index in [0.29, 0.717) is 22.0 Å². The Morgan fingerprint density at radius 2 is 1.63 bits per heavy atom. The molecule has 0 aliphatic carbocycles. The fraction of sp³-hybridized carbons (Fsp3) is 0.174. The van der Waals surface area contributed by atoms with Crippen LogP contribution in [0.3, 0.4) is 0 Å². The Kier molecular flexibility index (Phi) is 6.48. The highest BCUT2D eigenvalue weighted by Crippen LogP contribution is 2.26. The maximum atomic E-state index is 12.7. The highest BCUT2D eigenvalue weighted by molar-refractivity contribution is 7.92. The first-order valence-corrected chi connectivity index (χ1v) is 11.3. The fourth-order valence-corrected chi connectivity index (χ4v) is 4.24.